The average Bonchev–Trinajstić information content (AvgIpc) is 2.08. The maximum atomic E-state index is 3.73. The molecule has 63 valence electrons. The summed E-state index contributed by atoms with van der Waals surface area (Å²) < 4.78 is 2.19. The van der Waals surface area contributed by atoms with Gasteiger partial charge < -0.3 is 0 Å². The van der Waals surface area contributed by atoms with Gasteiger partial charge in [-0.15, -0.1) is 6.58 Å². The second kappa shape index (κ2) is 4.24. The SMILES string of the molecule is C=C[C](C)c1cc(Br)ccc1Br. The van der Waals surface area contributed by atoms with Crippen molar-refractivity contribution in [3.8, 4) is 0 Å². The van der Waals surface area contributed by atoms with Crippen molar-refractivity contribution in [1.82, 2.24) is 0 Å². The van der Waals surface area contributed by atoms with Crippen LogP contribution in [-0.4, -0.2) is 0 Å². The monoisotopic (exact) mass is 287 g/mol. The molecule has 0 aliphatic carbocycles. The van der Waals surface area contributed by atoms with E-state index in [1.807, 2.05) is 25.1 Å². The van der Waals surface area contributed by atoms with E-state index in [-0.39, 0.29) is 0 Å². The fourth-order valence-corrected chi connectivity index (χ4v) is 1.83. The topological polar surface area (TPSA) is 0 Å². The normalized spacial score (nSPS) is 10.3. The van der Waals surface area contributed by atoms with Crippen LogP contribution in [0.4, 0.5) is 0 Å². The van der Waals surface area contributed by atoms with Crippen LogP contribution in [-0.2, 0) is 0 Å². The fourth-order valence-electron chi connectivity index (χ4n) is 0.910. The number of benzene rings is 1. The molecule has 0 unspecified atom stereocenters. The Morgan fingerprint density at radius 1 is 1.42 bits per heavy atom. The third-order valence-electron chi connectivity index (χ3n) is 1.66. The lowest BCUT2D eigenvalue weighted by atomic mass is 10.0. The van der Waals surface area contributed by atoms with Crippen molar-refractivity contribution in [2.45, 2.75) is 6.92 Å². The molecule has 0 N–H and O–H groups in total. The minimum atomic E-state index is 1.09. The molecule has 0 saturated carbocycles. The largest absolute Gasteiger partial charge is 0.102 e. The lowest BCUT2D eigenvalue weighted by Crippen LogP contribution is -1.90. The van der Waals surface area contributed by atoms with Gasteiger partial charge in [0.25, 0.3) is 0 Å². The predicted octanol–water partition coefficient (Wildman–Crippen LogP) is 4.34. The number of hydrogen-bond acceptors (Lipinski definition) is 0. The Labute approximate surface area is 89.9 Å². The third kappa shape index (κ3) is 2.20. The molecule has 0 bridgehead atoms. The van der Waals surface area contributed by atoms with Crippen LogP contribution in [0.2, 0.25) is 0 Å². The minimum Gasteiger partial charge on any atom is -0.102 e. The lowest BCUT2D eigenvalue weighted by molar-refractivity contribution is 1.23. The van der Waals surface area contributed by atoms with E-state index >= 15 is 0 Å². The molecule has 0 amide bonds. The van der Waals surface area contributed by atoms with Crippen molar-refractivity contribution >= 4 is 31.9 Å². The van der Waals surface area contributed by atoms with Crippen molar-refractivity contribution < 1.29 is 0 Å². The van der Waals surface area contributed by atoms with Gasteiger partial charge >= 0.3 is 0 Å². The van der Waals surface area contributed by atoms with Crippen LogP contribution >= 0.6 is 31.9 Å². The molecule has 1 aromatic rings. The Kier molecular flexibility index (Phi) is 3.53. The van der Waals surface area contributed by atoms with E-state index in [9.17, 15) is 0 Å². The molecular formula is C10H9Br2. The quantitative estimate of drug-likeness (QED) is 0.759. The van der Waals surface area contributed by atoms with Gasteiger partial charge in [-0.1, -0.05) is 44.9 Å². The highest BCUT2D eigenvalue weighted by Crippen LogP contribution is 2.27. The number of halogens is 2. The van der Waals surface area contributed by atoms with E-state index in [1.165, 1.54) is 11.5 Å². The highest BCUT2D eigenvalue weighted by Gasteiger charge is 2.06. The summed E-state index contributed by atoms with van der Waals surface area (Å²) in [4.78, 5) is 0. The fraction of sp³-hybridized carbons (Fsp3) is 0.100. The van der Waals surface area contributed by atoms with Crippen molar-refractivity contribution in [3.63, 3.8) is 0 Å². The van der Waals surface area contributed by atoms with Gasteiger partial charge in [-0.25, -0.2) is 0 Å². The number of rotatable bonds is 2. The molecule has 2 heteroatoms. The van der Waals surface area contributed by atoms with Gasteiger partial charge in [0, 0.05) is 14.9 Å². The highest BCUT2D eigenvalue weighted by molar-refractivity contribution is 9.11. The van der Waals surface area contributed by atoms with Crippen LogP contribution < -0.4 is 0 Å². The van der Waals surface area contributed by atoms with Crippen LogP contribution in [0.15, 0.2) is 39.8 Å². The summed E-state index contributed by atoms with van der Waals surface area (Å²) in [6.45, 7) is 5.78. The molecule has 0 nitrogen and oxygen atoms in total. The molecule has 0 aliphatic rings. The maximum Gasteiger partial charge on any atom is 0.0242 e. The molecule has 1 aromatic carbocycles. The van der Waals surface area contributed by atoms with Crippen LogP contribution in [0.1, 0.15) is 12.5 Å². The lowest BCUT2D eigenvalue weighted by Gasteiger charge is -2.08. The summed E-state index contributed by atoms with van der Waals surface area (Å²) in [6, 6.07) is 6.09. The molecule has 0 aliphatic heterocycles. The zero-order valence-electron chi connectivity index (χ0n) is 6.77. The third-order valence-corrected chi connectivity index (χ3v) is 2.84. The second-order valence-electron chi connectivity index (χ2n) is 2.51. The Balaban J connectivity index is 3.12. The van der Waals surface area contributed by atoms with Gasteiger partial charge in [-0.2, -0.15) is 0 Å². The first-order chi connectivity index (χ1) is 5.65. The Morgan fingerprint density at radius 2 is 2.08 bits per heavy atom. The maximum absolute atomic E-state index is 3.73. The van der Waals surface area contributed by atoms with Gasteiger partial charge in [0.1, 0.15) is 0 Å². The first-order valence-electron chi connectivity index (χ1n) is 3.56. The standard InChI is InChI=1S/C10H9Br2/c1-3-7(2)9-6-8(11)4-5-10(9)12/h3-6H,1H2,2H3. The van der Waals surface area contributed by atoms with E-state index in [0.717, 1.165) is 8.95 Å². The molecule has 0 saturated heterocycles. The van der Waals surface area contributed by atoms with E-state index in [2.05, 4.69) is 44.5 Å². The summed E-state index contributed by atoms with van der Waals surface area (Å²) in [5.41, 5.74) is 1.18. The van der Waals surface area contributed by atoms with Crippen molar-refractivity contribution in [2.24, 2.45) is 0 Å². The highest BCUT2D eigenvalue weighted by atomic mass is 79.9. The van der Waals surface area contributed by atoms with Crippen LogP contribution in [0, 0.1) is 5.92 Å². The Bertz CT molecular complexity index is 292. The Hall–Kier alpha value is -0.0800. The molecule has 1 radical (unpaired) electrons. The zero-order valence-corrected chi connectivity index (χ0v) is 9.94. The van der Waals surface area contributed by atoms with Gasteiger partial charge in [0.15, 0.2) is 0 Å². The zero-order chi connectivity index (χ0) is 9.14. The predicted molar refractivity (Wildman–Crippen MR) is 60.1 cm³/mol. The summed E-state index contributed by atoms with van der Waals surface area (Å²) in [5, 5.41) is 0. The number of hydrogen-bond donors (Lipinski definition) is 0. The van der Waals surface area contributed by atoms with E-state index in [1.54, 1.807) is 0 Å². The average molecular weight is 289 g/mol. The molecule has 0 fully saturated rings. The molecular weight excluding hydrogens is 280 g/mol. The van der Waals surface area contributed by atoms with Crippen molar-refractivity contribution in [3.05, 3.63) is 51.3 Å². The van der Waals surface area contributed by atoms with E-state index in [4.69, 9.17) is 0 Å². The van der Waals surface area contributed by atoms with Crippen LogP contribution in [0.5, 0.6) is 0 Å². The van der Waals surface area contributed by atoms with Crippen molar-refractivity contribution in [1.29, 1.82) is 0 Å². The van der Waals surface area contributed by atoms with Crippen LogP contribution in [0.3, 0.4) is 0 Å². The smallest absolute Gasteiger partial charge is 0.0242 e. The second-order valence-corrected chi connectivity index (χ2v) is 4.28. The minimum absolute atomic E-state index is 1.09. The molecule has 1 rings (SSSR count). The summed E-state index contributed by atoms with van der Waals surface area (Å²) in [6.07, 6.45) is 1.85. The van der Waals surface area contributed by atoms with Gasteiger partial charge in [0.2, 0.25) is 0 Å². The van der Waals surface area contributed by atoms with Gasteiger partial charge in [-0.3, -0.25) is 0 Å². The summed E-state index contributed by atoms with van der Waals surface area (Å²) in [5.74, 6) is 1.17. The van der Waals surface area contributed by atoms with Gasteiger partial charge in [-0.05, 0) is 23.8 Å². The van der Waals surface area contributed by atoms with Gasteiger partial charge in [0.05, 0.1) is 0 Å². The van der Waals surface area contributed by atoms with Crippen LogP contribution in [0.25, 0.3) is 0 Å². The molecule has 12 heavy (non-hydrogen) atoms. The summed E-state index contributed by atoms with van der Waals surface area (Å²) >= 11 is 6.91. The number of allylic oxidation sites excluding steroid dienone is 1. The van der Waals surface area contributed by atoms with E-state index in [0.29, 0.717) is 0 Å². The first kappa shape index (κ1) is 10.0. The molecule has 0 spiro atoms. The molecule has 0 aromatic heterocycles. The Morgan fingerprint density at radius 3 is 2.67 bits per heavy atom. The molecule has 0 atom stereocenters. The summed E-state index contributed by atoms with van der Waals surface area (Å²) in [7, 11) is 0. The van der Waals surface area contributed by atoms with E-state index < -0.39 is 0 Å². The van der Waals surface area contributed by atoms with Crippen molar-refractivity contribution in [2.75, 3.05) is 0 Å². The molecule has 0 heterocycles. The first-order valence-corrected chi connectivity index (χ1v) is 5.15.